The lowest BCUT2D eigenvalue weighted by Gasteiger charge is -2.16. The minimum atomic E-state index is -0.274. The van der Waals surface area contributed by atoms with E-state index in [2.05, 4.69) is 0 Å². The third-order valence-electron chi connectivity index (χ3n) is 3.12. The first-order valence-electron chi connectivity index (χ1n) is 6.15. The zero-order valence-electron chi connectivity index (χ0n) is 9.12. The first-order chi connectivity index (χ1) is 6.79. The average molecular weight is 200 g/mol. The van der Waals surface area contributed by atoms with E-state index in [4.69, 9.17) is 0 Å². The van der Waals surface area contributed by atoms with Crippen LogP contribution < -0.4 is 0 Å². The van der Waals surface area contributed by atoms with Crippen molar-refractivity contribution in [1.29, 1.82) is 0 Å². The predicted octanol–water partition coefficient (Wildman–Crippen LogP) is 2.62. The quantitative estimate of drug-likeness (QED) is 0.631. The number of hydrogen-bond donors (Lipinski definition) is 2. The fraction of sp³-hybridized carbons (Fsp3) is 1.00. The third kappa shape index (κ3) is 5.61. The van der Waals surface area contributed by atoms with Gasteiger partial charge in [0.1, 0.15) is 0 Å². The summed E-state index contributed by atoms with van der Waals surface area (Å²) in [6.07, 6.45) is 10.5. The van der Waals surface area contributed by atoms with Crippen molar-refractivity contribution in [2.45, 2.75) is 76.4 Å². The van der Waals surface area contributed by atoms with Crippen LogP contribution in [0.4, 0.5) is 0 Å². The summed E-state index contributed by atoms with van der Waals surface area (Å²) in [6, 6.07) is 0. The molecule has 0 aromatic heterocycles. The van der Waals surface area contributed by atoms with Gasteiger partial charge in [0.2, 0.25) is 0 Å². The summed E-state index contributed by atoms with van der Waals surface area (Å²) in [5, 5.41) is 19.2. The highest BCUT2D eigenvalue weighted by molar-refractivity contribution is 4.65. The van der Waals surface area contributed by atoms with Crippen LogP contribution in [0.5, 0.6) is 0 Å². The predicted molar refractivity (Wildman–Crippen MR) is 58.2 cm³/mol. The number of hydrogen-bond acceptors (Lipinski definition) is 2. The summed E-state index contributed by atoms with van der Waals surface area (Å²) < 4.78 is 0. The van der Waals surface area contributed by atoms with E-state index in [1.54, 1.807) is 0 Å². The van der Waals surface area contributed by atoms with Crippen LogP contribution in [0, 0.1) is 0 Å². The van der Waals surface area contributed by atoms with Crippen LogP contribution in [-0.4, -0.2) is 22.4 Å². The van der Waals surface area contributed by atoms with Gasteiger partial charge in [-0.1, -0.05) is 44.9 Å². The Labute approximate surface area is 87.3 Å². The second-order valence-corrected chi connectivity index (χ2v) is 4.60. The van der Waals surface area contributed by atoms with E-state index in [-0.39, 0.29) is 12.2 Å². The molecule has 1 aliphatic carbocycles. The molecule has 1 fully saturated rings. The molecule has 2 unspecified atom stereocenters. The zero-order valence-corrected chi connectivity index (χ0v) is 9.12. The fourth-order valence-electron chi connectivity index (χ4n) is 2.19. The molecular weight excluding hydrogens is 176 g/mol. The molecule has 0 spiro atoms. The van der Waals surface area contributed by atoms with Crippen molar-refractivity contribution in [3.63, 3.8) is 0 Å². The first kappa shape index (κ1) is 12.0. The van der Waals surface area contributed by atoms with Gasteiger partial charge in [-0.3, -0.25) is 0 Å². The van der Waals surface area contributed by atoms with E-state index < -0.39 is 0 Å². The molecule has 0 amide bonds. The van der Waals surface area contributed by atoms with Crippen molar-refractivity contribution in [3.8, 4) is 0 Å². The van der Waals surface area contributed by atoms with Crippen LogP contribution in [0.3, 0.4) is 0 Å². The van der Waals surface area contributed by atoms with Crippen molar-refractivity contribution < 1.29 is 10.2 Å². The molecule has 1 rings (SSSR count). The Morgan fingerprint density at radius 3 is 1.36 bits per heavy atom. The summed E-state index contributed by atoms with van der Waals surface area (Å²) in [7, 11) is 0. The maximum absolute atomic E-state index is 9.60. The number of rotatable bonds is 0. The number of aliphatic hydroxyl groups excluding tert-OH is 2. The topological polar surface area (TPSA) is 40.5 Å². The van der Waals surface area contributed by atoms with Gasteiger partial charge in [-0.15, -0.1) is 0 Å². The van der Waals surface area contributed by atoms with Gasteiger partial charge < -0.3 is 10.2 Å². The molecule has 1 saturated carbocycles. The van der Waals surface area contributed by atoms with E-state index in [0.29, 0.717) is 6.42 Å². The second-order valence-electron chi connectivity index (χ2n) is 4.60. The van der Waals surface area contributed by atoms with Crippen molar-refractivity contribution in [2.24, 2.45) is 0 Å². The van der Waals surface area contributed by atoms with Crippen molar-refractivity contribution in [2.75, 3.05) is 0 Å². The molecule has 2 heteroatoms. The Kier molecular flexibility index (Phi) is 6.20. The first-order valence-corrected chi connectivity index (χ1v) is 6.15. The highest BCUT2D eigenvalue weighted by Gasteiger charge is 2.11. The lowest BCUT2D eigenvalue weighted by atomic mass is 9.98. The maximum atomic E-state index is 9.60. The third-order valence-corrected chi connectivity index (χ3v) is 3.12. The molecule has 0 aliphatic heterocycles. The van der Waals surface area contributed by atoms with E-state index >= 15 is 0 Å². The molecule has 0 radical (unpaired) electrons. The Bertz CT molecular complexity index is 122. The van der Waals surface area contributed by atoms with Crippen LogP contribution >= 0.6 is 0 Å². The van der Waals surface area contributed by atoms with E-state index in [0.717, 1.165) is 25.7 Å². The molecule has 0 aromatic rings. The van der Waals surface area contributed by atoms with Crippen molar-refractivity contribution >= 4 is 0 Å². The fourth-order valence-corrected chi connectivity index (χ4v) is 2.19. The molecule has 0 heterocycles. The Hall–Kier alpha value is -0.0800. The lowest BCUT2D eigenvalue weighted by molar-refractivity contribution is 0.0674. The molecule has 0 aromatic carbocycles. The normalized spacial score (nSPS) is 33.0. The van der Waals surface area contributed by atoms with E-state index in [1.807, 2.05) is 0 Å². The summed E-state index contributed by atoms with van der Waals surface area (Å²) in [6.45, 7) is 0. The van der Waals surface area contributed by atoms with Gasteiger partial charge in [0.15, 0.2) is 0 Å². The SMILES string of the molecule is OC1CCCCCCCCCC(O)C1. The van der Waals surface area contributed by atoms with Gasteiger partial charge in [0.25, 0.3) is 0 Å². The van der Waals surface area contributed by atoms with Gasteiger partial charge in [-0.05, 0) is 19.3 Å². The summed E-state index contributed by atoms with van der Waals surface area (Å²) in [5.41, 5.74) is 0. The van der Waals surface area contributed by atoms with Crippen molar-refractivity contribution in [1.82, 2.24) is 0 Å². The van der Waals surface area contributed by atoms with Gasteiger partial charge in [0, 0.05) is 0 Å². The highest BCUT2D eigenvalue weighted by Crippen LogP contribution is 2.17. The summed E-state index contributed by atoms with van der Waals surface area (Å²) in [5.74, 6) is 0. The Morgan fingerprint density at radius 2 is 0.929 bits per heavy atom. The summed E-state index contributed by atoms with van der Waals surface area (Å²) in [4.78, 5) is 0. The largest absolute Gasteiger partial charge is 0.393 e. The van der Waals surface area contributed by atoms with E-state index in [9.17, 15) is 10.2 Å². The van der Waals surface area contributed by atoms with Gasteiger partial charge in [-0.2, -0.15) is 0 Å². The highest BCUT2D eigenvalue weighted by atomic mass is 16.3. The second kappa shape index (κ2) is 7.24. The van der Waals surface area contributed by atoms with Gasteiger partial charge in [-0.25, -0.2) is 0 Å². The molecule has 2 N–H and O–H groups in total. The minimum Gasteiger partial charge on any atom is -0.393 e. The van der Waals surface area contributed by atoms with Crippen molar-refractivity contribution in [3.05, 3.63) is 0 Å². The van der Waals surface area contributed by atoms with Gasteiger partial charge in [0.05, 0.1) is 12.2 Å². The van der Waals surface area contributed by atoms with Crippen LogP contribution in [0.2, 0.25) is 0 Å². The zero-order chi connectivity index (χ0) is 10.2. The standard InChI is InChI=1S/C12H24O2/c13-11-8-6-4-2-1-3-5-7-9-12(14)10-11/h11-14H,1-10H2. The molecule has 84 valence electrons. The molecule has 2 nitrogen and oxygen atoms in total. The van der Waals surface area contributed by atoms with Crippen LogP contribution in [0.15, 0.2) is 0 Å². The molecule has 14 heavy (non-hydrogen) atoms. The molecule has 1 aliphatic rings. The van der Waals surface area contributed by atoms with Gasteiger partial charge >= 0.3 is 0 Å². The van der Waals surface area contributed by atoms with Crippen LogP contribution in [0.1, 0.15) is 64.2 Å². The smallest absolute Gasteiger partial charge is 0.0564 e. The molecular formula is C12H24O2. The monoisotopic (exact) mass is 200 g/mol. The van der Waals surface area contributed by atoms with Crippen LogP contribution in [0.25, 0.3) is 0 Å². The lowest BCUT2D eigenvalue weighted by Crippen LogP contribution is -2.17. The maximum Gasteiger partial charge on any atom is 0.0564 e. The Morgan fingerprint density at radius 1 is 0.571 bits per heavy atom. The summed E-state index contributed by atoms with van der Waals surface area (Å²) >= 11 is 0. The molecule has 2 atom stereocenters. The van der Waals surface area contributed by atoms with Crippen LogP contribution in [-0.2, 0) is 0 Å². The average Bonchev–Trinajstić information content (AvgIpc) is 2.13. The molecule has 0 saturated heterocycles. The van der Waals surface area contributed by atoms with E-state index in [1.165, 1.54) is 32.1 Å². The Balaban J connectivity index is 2.22. The number of aliphatic hydroxyl groups is 2. The minimum absolute atomic E-state index is 0.274. The molecule has 0 bridgehead atoms.